The van der Waals surface area contributed by atoms with E-state index >= 15 is 0 Å². The molecule has 0 saturated heterocycles. The molecule has 0 saturated carbocycles. The van der Waals surface area contributed by atoms with E-state index in [2.05, 4.69) is 26.3 Å². The maximum Gasteiger partial charge on any atom is 0.150 e. The summed E-state index contributed by atoms with van der Waals surface area (Å²) >= 11 is 3.05. The molecule has 0 fully saturated rings. The van der Waals surface area contributed by atoms with Crippen molar-refractivity contribution < 1.29 is 8.78 Å². The van der Waals surface area contributed by atoms with Gasteiger partial charge in [-0.15, -0.1) is 0 Å². The predicted molar refractivity (Wildman–Crippen MR) is 74.0 cm³/mol. The molecule has 0 bridgehead atoms. The van der Waals surface area contributed by atoms with Gasteiger partial charge in [-0.1, -0.05) is 15.9 Å². The smallest absolute Gasteiger partial charge is 0.150 e. The molecule has 0 spiro atoms. The number of hydrogen-bond donors (Lipinski definition) is 1. The maximum atomic E-state index is 13.7. The van der Waals surface area contributed by atoms with E-state index in [1.165, 1.54) is 12.1 Å². The molecule has 0 aliphatic carbocycles. The Kier molecular flexibility index (Phi) is 3.89. The molecular weight excluding hydrogens is 316 g/mol. The van der Waals surface area contributed by atoms with Gasteiger partial charge in [0.05, 0.1) is 11.7 Å². The van der Waals surface area contributed by atoms with Crippen LogP contribution in [0.1, 0.15) is 24.2 Å². The Balaban J connectivity index is 2.29. The van der Waals surface area contributed by atoms with Crippen molar-refractivity contribution >= 4 is 21.6 Å². The first-order chi connectivity index (χ1) is 8.88. The van der Waals surface area contributed by atoms with Crippen molar-refractivity contribution in [2.24, 2.45) is 7.05 Å². The quantitative estimate of drug-likeness (QED) is 0.924. The van der Waals surface area contributed by atoms with E-state index in [-0.39, 0.29) is 11.7 Å². The van der Waals surface area contributed by atoms with Crippen molar-refractivity contribution in [3.05, 3.63) is 45.7 Å². The number of rotatable bonds is 3. The fraction of sp³-hybridized carbons (Fsp3) is 0.308. The highest BCUT2D eigenvalue weighted by Crippen LogP contribution is 2.28. The highest BCUT2D eigenvalue weighted by Gasteiger charge is 2.16. The van der Waals surface area contributed by atoms with Crippen LogP contribution in [-0.2, 0) is 7.05 Å². The molecule has 0 aliphatic heterocycles. The molecule has 1 heterocycles. The average Bonchev–Trinajstić information content (AvgIpc) is 2.62. The number of hydrogen-bond acceptors (Lipinski definition) is 2. The minimum Gasteiger partial charge on any atom is -0.374 e. The van der Waals surface area contributed by atoms with Gasteiger partial charge in [0.2, 0.25) is 0 Å². The molecule has 19 heavy (non-hydrogen) atoms. The third-order valence-corrected chi connectivity index (χ3v) is 3.34. The van der Waals surface area contributed by atoms with E-state index in [1.807, 2.05) is 27.1 Å². The molecule has 1 aromatic heterocycles. The third kappa shape index (κ3) is 2.94. The maximum absolute atomic E-state index is 13.7. The molecule has 1 unspecified atom stereocenters. The summed E-state index contributed by atoms with van der Waals surface area (Å²) in [5.41, 5.74) is 1.61. The Morgan fingerprint density at radius 3 is 2.37 bits per heavy atom. The largest absolute Gasteiger partial charge is 0.374 e. The van der Waals surface area contributed by atoms with Gasteiger partial charge < -0.3 is 5.32 Å². The first kappa shape index (κ1) is 14.0. The molecule has 1 N–H and O–H groups in total. The van der Waals surface area contributed by atoms with E-state index in [1.54, 1.807) is 4.68 Å². The van der Waals surface area contributed by atoms with E-state index in [4.69, 9.17) is 0 Å². The summed E-state index contributed by atoms with van der Waals surface area (Å²) in [6.45, 7) is 3.70. The van der Waals surface area contributed by atoms with Crippen LogP contribution in [0.2, 0.25) is 0 Å². The Morgan fingerprint density at radius 2 is 1.89 bits per heavy atom. The summed E-state index contributed by atoms with van der Waals surface area (Å²) < 4.78 is 29.5. The van der Waals surface area contributed by atoms with Crippen molar-refractivity contribution in [3.8, 4) is 0 Å². The summed E-state index contributed by atoms with van der Waals surface area (Å²) in [6.07, 6.45) is 1.83. The van der Waals surface area contributed by atoms with Crippen LogP contribution in [0.4, 0.5) is 14.5 Å². The monoisotopic (exact) mass is 329 g/mol. The lowest BCUT2D eigenvalue weighted by molar-refractivity contribution is 0.583. The number of nitrogens with one attached hydrogen (secondary N) is 1. The molecule has 102 valence electrons. The lowest BCUT2D eigenvalue weighted by atomic mass is 10.1. The van der Waals surface area contributed by atoms with Crippen molar-refractivity contribution in [3.63, 3.8) is 0 Å². The van der Waals surface area contributed by atoms with E-state index < -0.39 is 11.6 Å². The predicted octanol–water partition coefficient (Wildman–Crippen LogP) is 3.94. The summed E-state index contributed by atoms with van der Waals surface area (Å²) in [4.78, 5) is 0. The van der Waals surface area contributed by atoms with Crippen molar-refractivity contribution in [1.82, 2.24) is 9.78 Å². The average molecular weight is 330 g/mol. The number of aromatic nitrogens is 2. The van der Waals surface area contributed by atoms with E-state index in [0.29, 0.717) is 4.47 Å². The minimum absolute atomic E-state index is 0.126. The summed E-state index contributed by atoms with van der Waals surface area (Å²) in [7, 11) is 1.81. The zero-order chi connectivity index (χ0) is 14.2. The molecule has 3 nitrogen and oxygen atoms in total. The highest BCUT2D eigenvalue weighted by atomic mass is 79.9. The first-order valence-corrected chi connectivity index (χ1v) is 6.59. The van der Waals surface area contributed by atoms with Crippen LogP contribution >= 0.6 is 15.9 Å². The van der Waals surface area contributed by atoms with Gasteiger partial charge in [0.15, 0.2) is 0 Å². The third-order valence-electron chi connectivity index (χ3n) is 2.89. The standard InChI is InChI=1S/C13H14BrF2N3/c1-7(10-6-19(3)18-8(10)2)17-13-11(15)4-9(14)5-12(13)16/h4-7,17H,1-3H3. The Labute approximate surface area is 118 Å². The molecule has 1 aromatic carbocycles. The van der Waals surface area contributed by atoms with Crippen molar-refractivity contribution in [1.29, 1.82) is 0 Å². The second-order valence-corrected chi connectivity index (χ2v) is 5.37. The molecule has 6 heteroatoms. The van der Waals surface area contributed by atoms with Crippen LogP contribution < -0.4 is 5.32 Å². The zero-order valence-corrected chi connectivity index (χ0v) is 12.4. The number of anilines is 1. The zero-order valence-electron chi connectivity index (χ0n) is 10.8. The second kappa shape index (κ2) is 5.28. The Morgan fingerprint density at radius 1 is 1.32 bits per heavy atom. The van der Waals surface area contributed by atoms with Gasteiger partial charge in [-0.25, -0.2) is 8.78 Å². The van der Waals surface area contributed by atoms with Gasteiger partial charge in [-0.2, -0.15) is 5.10 Å². The van der Waals surface area contributed by atoms with Crippen LogP contribution in [0.3, 0.4) is 0 Å². The van der Waals surface area contributed by atoms with Gasteiger partial charge in [-0.3, -0.25) is 4.68 Å². The van der Waals surface area contributed by atoms with Gasteiger partial charge >= 0.3 is 0 Å². The first-order valence-electron chi connectivity index (χ1n) is 5.79. The fourth-order valence-electron chi connectivity index (χ4n) is 2.02. The number of benzene rings is 1. The lowest BCUT2D eigenvalue weighted by Crippen LogP contribution is -2.10. The number of halogens is 3. The Hall–Kier alpha value is -1.43. The molecule has 1 atom stereocenters. The molecular formula is C13H14BrF2N3. The Bertz CT molecular complexity index is 587. The normalized spacial score (nSPS) is 12.5. The van der Waals surface area contributed by atoms with E-state index in [0.717, 1.165) is 11.3 Å². The SMILES string of the molecule is Cc1nn(C)cc1C(C)Nc1c(F)cc(Br)cc1F. The topological polar surface area (TPSA) is 29.9 Å². The fourth-order valence-corrected chi connectivity index (χ4v) is 2.42. The van der Waals surface area contributed by atoms with Crippen LogP contribution in [0.5, 0.6) is 0 Å². The van der Waals surface area contributed by atoms with Crippen molar-refractivity contribution in [2.45, 2.75) is 19.9 Å². The second-order valence-electron chi connectivity index (χ2n) is 4.45. The van der Waals surface area contributed by atoms with Crippen LogP contribution in [0, 0.1) is 18.6 Å². The van der Waals surface area contributed by atoms with Gasteiger partial charge in [0, 0.05) is 23.3 Å². The highest BCUT2D eigenvalue weighted by molar-refractivity contribution is 9.10. The van der Waals surface area contributed by atoms with Crippen LogP contribution in [0.15, 0.2) is 22.8 Å². The molecule has 0 radical (unpaired) electrons. The minimum atomic E-state index is -0.625. The lowest BCUT2D eigenvalue weighted by Gasteiger charge is -2.16. The number of aryl methyl sites for hydroxylation is 2. The molecule has 0 amide bonds. The van der Waals surface area contributed by atoms with Crippen LogP contribution in [0.25, 0.3) is 0 Å². The molecule has 0 aliphatic rings. The van der Waals surface area contributed by atoms with Gasteiger partial charge in [-0.05, 0) is 26.0 Å². The van der Waals surface area contributed by atoms with Gasteiger partial charge in [0.1, 0.15) is 17.3 Å². The summed E-state index contributed by atoms with van der Waals surface area (Å²) in [5, 5.41) is 7.07. The van der Waals surface area contributed by atoms with Crippen LogP contribution in [-0.4, -0.2) is 9.78 Å². The van der Waals surface area contributed by atoms with Crippen molar-refractivity contribution in [2.75, 3.05) is 5.32 Å². The molecule has 2 rings (SSSR count). The summed E-state index contributed by atoms with van der Waals surface area (Å²) in [5.74, 6) is -1.25. The van der Waals surface area contributed by atoms with Gasteiger partial charge in [0.25, 0.3) is 0 Å². The van der Waals surface area contributed by atoms with E-state index in [9.17, 15) is 8.78 Å². The summed E-state index contributed by atoms with van der Waals surface area (Å²) in [6, 6.07) is 2.22. The number of nitrogens with zero attached hydrogens (tertiary/aromatic N) is 2. The molecule has 2 aromatic rings.